The first-order chi connectivity index (χ1) is 17.4. The summed E-state index contributed by atoms with van der Waals surface area (Å²) in [6.45, 7) is 5.33. The first-order valence-corrected chi connectivity index (χ1v) is 14.6. The Morgan fingerprint density at radius 2 is 1.89 bits per heavy atom. The van der Waals surface area contributed by atoms with Gasteiger partial charge < -0.3 is 19.1 Å². The number of nitrogens with zero attached hydrogens (tertiary/aromatic N) is 1. The smallest absolute Gasteiger partial charge is 0.341 e. The molecular weight excluding hydrogens is 496 g/mol. The van der Waals surface area contributed by atoms with Crippen molar-refractivity contribution in [2.75, 3.05) is 26.5 Å². The summed E-state index contributed by atoms with van der Waals surface area (Å²) in [6.07, 6.45) is 8.01. The number of carboxylic acid groups (broad SMARTS) is 1. The predicted octanol–water partition coefficient (Wildman–Crippen LogP) is 4.17. The van der Waals surface area contributed by atoms with E-state index in [4.69, 9.17) is 9.47 Å². The summed E-state index contributed by atoms with van der Waals surface area (Å²) in [5, 5.41) is 9.57. The Balaban J connectivity index is 1.57. The number of unbranched alkanes of at least 4 members (excludes halogenated alkanes) is 3. The van der Waals surface area contributed by atoms with Crippen molar-refractivity contribution < 1.29 is 27.8 Å². The summed E-state index contributed by atoms with van der Waals surface area (Å²) >= 11 is 0. The molecule has 202 valence electrons. The Kier molecular flexibility index (Phi) is 7.71. The number of aromatic carboxylic acids is 1. The zero-order valence-corrected chi connectivity index (χ0v) is 22.7. The van der Waals surface area contributed by atoms with Crippen molar-refractivity contribution in [3.8, 4) is 22.8 Å². The standard InChI is InChI=1S/C27H36N2O7S/c1-27(2)10-9-17-18-13-24(36-12-8-6-5-7-11-28-37(4,33)34)23(35-3)14-19(18)21-15-22(30)20(26(31)32)16-29(21)25(17)27/h13-17,25,28H,5-12H2,1-4H3,(H,31,32)/t17-,25+/m1/s1. The molecule has 1 aromatic heterocycles. The largest absolute Gasteiger partial charge is 0.493 e. The summed E-state index contributed by atoms with van der Waals surface area (Å²) in [5.74, 6) is 0.165. The first-order valence-electron chi connectivity index (χ1n) is 12.7. The number of nitrogens with one attached hydrogen (secondary N) is 1. The van der Waals surface area contributed by atoms with Crippen LogP contribution in [0.15, 0.2) is 29.2 Å². The lowest BCUT2D eigenvalue weighted by Crippen LogP contribution is -2.32. The maximum Gasteiger partial charge on any atom is 0.341 e. The zero-order valence-electron chi connectivity index (χ0n) is 21.9. The molecule has 1 fully saturated rings. The van der Waals surface area contributed by atoms with Crippen molar-refractivity contribution in [2.24, 2.45) is 5.41 Å². The van der Waals surface area contributed by atoms with Crippen LogP contribution in [0.4, 0.5) is 0 Å². The Labute approximate surface area is 217 Å². The molecule has 9 nitrogen and oxygen atoms in total. The number of pyridine rings is 1. The van der Waals surface area contributed by atoms with Gasteiger partial charge in [-0.15, -0.1) is 0 Å². The van der Waals surface area contributed by atoms with Crippen molar-refractivity contribution >= 4 is 16.0 Å². The van der Waals surface area contributed by atoms with Gasteiger partial charge in [0.1, 0.15) is 5.56 Å². The number of ether oxygens (including phenoxy) is 2. The second-order valence-electron chi connectivity index (χ2n) is 10.7. The Hall–Kier alpha value is -2.85. The second-order valence-corrected chi connectivity index (χ2v) is 12.6. The molecule has 2 heterocycles. The molecule has 0 unspecified atom stereocenters. The highest BCUT2D eigenvalue weighted by atomic mass is 32.2. The van der Waals surface area contributed by atoms with E-state index in [0.717, 1.165) is 55.9 Å². The fourth-order valence-corrected chi connectivity index (χ4v) is 6.34. The van der Waals surface area contributed by atoms with E-state index in [2.05, 4.69) is 18.6 Å². The van der Waals surface area contributed by atoms with Gasteiger partial charge in [-0.1, -0.05) is 26.7 Å². The molecular formula is C27H36N2O7S. The SMILES string of the molecule is COc1cc2c(cc1OCCCCCCNS(C)(=O)=O)[C@H]1CCC(C)(C)[C@H]1n1cc(C(=O)O)c(=O)cc1-2. The summed E-state index contributed by atoms with van der Waals surface area (Å²) in [4.78, 5) is 24.4. The fraction of sp³-hybridized carbons (Fsp3) is 0.556. The summed E-state index contributed by atoms with van der Waals surface area (Å²) in [7, 11) is -1.57. The average Bonchev–Trinajstić information content (AvgIpc) is 3.14. The van der Waals surface area contributed by atoms with Gasteiger partial charge in [0, 0.05) is 36.3 Å². The van der Waals surface area contributed by atoms with Gasteiger partial charge in [-0.3, -0.25) is 4.79 Å². The van der Waals surface area contributed by atoms with Crippen molar-refractivity contribution in [1.82, 2.24) is 9.29 Å². The minimum absolute atomic E-state index is 0.0236. The van der Waals surface area contributed by atoms with Crippen LogP contribution < -0.4 is 19.6 Å². The Morgan fingerprint density at radius 1 is 1.16 bits per heavy atom. The van der Waals surface area contributed by atoms with Crippen LogP contribution in [-0.2, 0) is 10.0 Å². The predicted molar refractivity (Wildman–Crippen MR) is 141 cm³/mol. The molecule has 1 aromatic carbocycles. The van der Waals surface area contributed by atoms with E-state index in [0.29, 0.717) is 30.3 Å². The summed E-state index contributed by atoms with van der Waals surface area (Å²) in [5.41, 5.74) is 1.87. The normalized spacial score (nSPS) is 19.6. The highest BCUT2D eigenvalue weighted by molar-refractivity contribution is 7.88. The lowest BCUT2D eigenvalue weighted by atomic mass is 9.77. The van der Waals surface area contributed by atoms with Crippen molar-refractivity contribution in [1.29, 1.82) is 0 Å². The van der Waals surface area contributed by atoms with Gasteiger partial charge in [0.25, 0.3) is 0 Å². The highest BCUT2D eigenvalue weighted by Crippen LogP contribution is 2.59. The van der Waals surface area contributed by atoms with E-state index >= 15 is 0 Å². The lowest BCUT2D eigenvalue weighted by Gasteiger charge is -2.40. The van der Waals surface area contributed by atoms with E-state index in [9.17, 15) is 23.1 Å². The number of sulfonamides is 1. The Bertz CT molecular complexity index is 1350. The van der Waals surface area contributed by atoms with Crippen molar-refractivity contribution in [2.45, 2.75) is 64.3 Å². The Morgan fingerprint density at radius 3 is 2.57 bits per heavy atom. The van der Waals surface area contributed by atoms with Gasteiger partial charge in [-0.05, 0) is 48.8 Å². The quantitative estimate of drug-likeness (QED) is 0.416. The first kappa shape index (κ1) is 27.2. The number of carbonyl (C=O) groups is 1. The summed E-state index contributed by atoms with van der Waals surface area (Å²) in [6, 6.07) is 5.39. The molecule has 1 aliphatic carbocycles. The molecule has 2 atom stereocenters. The molecule has 0 spiro atoms. The lowest BCUT2D eigenvalue weighted by molar-refractivity contribution is 0.0693. The van der Waals surface area contributed by atoms with Crippen LogP contribution in [0.1, 0.15) is 80.3 Å². The van der Waals surface area contributed by atoms with E-state index in [1.807, 2.05) is 16.7 Å². The van der Waals surface area contributed by atoms with Gasteiger partial charge in [-0.2, -0.15) is 0 Å². The topological polar surface area (TPSA) is 124 Å². The number of hydrogen-bond donors (Lipinski definition) is 2. The van der Waals surface area contributed by atoms with Crippen LogP contribution >= 0.6 is 0 Å². The van der Waals surface area contributed by atoms with Crippen LogP contribution in [0.5, 0.6) is 11.5 Å². The highest BCUT2D eigenvalue weighted by Gasteiger charge is 2.47. The van der Waals surface area contributed by atoms with Crippen LogP contribution in [0, 0.1) is 5.41 Å². The molecule has 2 aliphatic rings. The molecule has 0 bridgehead atoms. The molecule has 1 aliphatic heterocycles. The van der Waals surface area contributed by atoms with Gasteiger partial charge in [0.15, 0.2) is 16.9 Å². The van der Waals surface area contributed by atoms with Gasteiger partial charge in [0.2, 0.25) is 10.0 Å². The second kappa shape index (κ2) is 10.5. The minimum Gasteiger partial charge on any atom is -0.493 e. The van der Waals surface area contributed by atoms with Crippen LogP contribution in [0.2, 0.25) is 0 Å². The molecule has 1 saturated carbocycles. The third-order valence-electron chi connectivity index (χ3n) is 7.60. The van der Waals surface area contributed by atoms with Gasteiger partial charge >= 0.3 is 5.97 Å². The van der Waals surface area contributed by atoms with Crippen LogP contribution in [0.3, 0.4) is 0 Å². The number of carboxylic acids is 1. The monoisotopic (exact) mass is 532 g/mol. The molecule has 0 amide bonds. The van der Waals surface area contributed by atoms with E-state index in [-0.39, 0.29) is 22.9 Å². The maximum absolute atomic E-state index is 12.7. The molecule has 0 saturated heterocycles. The summed E-state index contributed by atoms with van der Waals surface area (Å²) < 4.78 is 38.5. The number of benzene rings is 1. The third-order valence-corrected chi connectivity index (χ3v) is 8.32. The van der Waals surface area contributed by atoms with Crippen LogP contribution in [-0.4, -0.2) is 50.6 Å². The molecule has 37 heavy (non-hydrogen) atoms. The van der Waals surface area contributed by atoms with E-state index in [1.54, 1.807) is 7.11 Å². The number of hydrogen-bond acceptors (Lipinski definition) is 6. The van der Waals surface area contributed by atoms with Crippen molar-refractivity contribution in [3.63, 3.8) is 0 Å². The molecule has 4 rings (SSSR count). The van der Waals surface area contributed by atoms with Crippen LogP contribution in [0.25, 0.3) is 11.3 Å². The number of fused-ring (bicyclic) bond motifs is 6. The molecule has 0 radical (unpaired) electrons. The number of methoxy groups -OCH3 is 1. The molecule has 10 heteroatoms. The van der Waals surface area contributed by atoms with E-state index < -0.39 is 21.4 Å². The fourth-order valence-electron chi connectivity index (χ4n) is 5.83. The number of aromatic nitrogens is 1. The zero-order chi connectivity index (χ0) is 27.0. The maximum atomic E-state index is 12.7. The third kappa shape index (κ3) is 5.70. The minimum atomic E-state index is -3.15. The van der Waals surface area contributed by atoms with Crippen molar-refractivity contribution in [3.05, 3.63) is 45.7 Å². The number of rotatable bonds is 11. The van der Waals surface area contributed by atoms with Gasteiger partial charge in [-0.25, -0.2) is 17.9 Å². The molecule has 2 N–H and O–H groups in total. The molecule has 2 aromatic rings. The average molecular weight is 533 g/mol. The van der Waals surface area contributed by atoms with Gasteiger partial charge in [0.05, 0.1) is 25.7 Å². The van der Waals surface area contributed by atoms with E-state index in [1.165, 1.54) is 12.3 Å².